The molecule has 0 saturated carbocycles. The topological polar surface area (TPSA) is 91.2 Å². The van der Waals surface area contributed by atoms with Gasteiger partial charge in [0, 0.05) is 17.5 Å². The molecule has 0 atom stereocenters. The molecule has 1 aliphatic heterocycles. The van der Waals surface area contributed by atoms with Crippen LogP contribution in [-0.2, 0) is 6.42 Å². The van der Waals surface area contributed by atoms with Gasteiger partial charge in [0.25, 0.3) is 5.91 Å². The molecular formula is C21H23N5O3. The Kier molecular flexibility index (Phi) is 4.92. The summed E-state index contributed by atoms with van der Waals surface area (Å²) in [5, 5.41) is 14.0. The normalized spacial score (nSPS) is 14.2. The van der Waals surface area contributed by atoms with Crippen LogP contribution in [0, 0.1) is 6.92 Å². The van der Waals surface area contributed by atoms with Crippen LogP contribution < -0.4 is 14.8 Å². The minimum atomic E-state index is -0.220. The van der Waals surface area contributed by atoms with E-state index >= 15 is 0 Å². The van der Waals surface area contributed by atoms with E-state index < -0.39 is 0 Å². The minimum absolute atomic E-state index is 0.157. The second-order valence-electron chi connectivity index (χ2n) is 7.64. The molecule has 1 N–H and O–H groups in total. The predicted molar refractivity (Wildman–Crippen MR) is 107 cm³/mol. The first-order valence-corrected chi connectivity index (χ1v) is 9.49. The third-order valence-corrected chi connectivity index (χ3v) is 4.75. The lowest BCUT2D eigenvalue weighted by Gasteiger charge is -2.18. The van der Waals surface area contributed by atoms with Crippen LogP contribution in [0.4, 0.5) is 0 Å². The molecule has 0 spiro atoms. The van der Waals surface area contributed by atoms with E-state index in [0.717, 1.165) is 29.0 Å². The van der Waals surface area contributed by atoms with Crippen molar-refractivity contribution in [3.63, 3.8) is 0 Å². The first kappa shape index (κ1) is 18.9. The van der Waals surface area contributed by atoms with E-state index in [1.54, 1.807) is 10.7 Å². The Morgan fingerprint density at radius 1 is 1.31 bits per heavy atom. The van der Waals surface area contributed by atoms with Crippen LogP contribution in [-0.4, -0.2) is 44.9 Å². The Hall–Kier alpha value is -3.42. The fraction of sp³-hybridized carbons (Fsp3) is 0.333. The van der Waals surface area contributed by atoms with E-state index in [-0.39, 0.29) is 11.5 Å². The molecule has 150 valence electrons. The maximum atomic E-state index is 12.4. The number of nitrogens with zero attached hydrogens (tertiary/aromatic N) is 4. The fourth-order valence-corrected chi connectivity index (χ4v) is 3.45. The van der Waals surface area contributed by atoms with E-state index in [0.29, 0.717) is 24.5 Å². The lowest BCUT2D eigenvalue weighted by Crippen LogP contribution is -2.28. The van der Waals surface area contributed by atoms with E-state index in [9.17, 15) is 4.79 Å². The summed E-state index contributed by atoms with van der Waals surface area (Å²) in [6, 6.07) is 11.3. The molecule has 4 rings (SSSR count). The number of hydrogen-bond donors (Lipinski definition) is 1. The number of benzene rings is 2. The van der Waals surface area contributed by atoms with Gasteiger partial charge in [-0.05, 0) is 61.0 Å². The van der Waals surface area contributed by atoms with Gasteiger partial charge in [-0.2, -0.15) is 0 Å². The molecule has 1 aliphatic rings. The van der Waals surface area contributed by atoms with Gasteiger partial charge < -0.3 is 14.8 Å². The average molecular weight is 393 g/mol. The van der Waals surface area contributed by atoms with Crippen molar-refractivity contribution in [2.45, 2.75) is 32.8 Å². The summed E-state index contributed by atoms with van der Waals surface area (Å²) in [5.41, 5.74) is 3.23. The van der Waals surface area contributed by atoms with Gasteiger partial charge in [0.1, 0.15) is 18.5 Å². The molecule has 1 amide bonds. The van der Waals surface area contributed by atoms with Gasteiger partial charge in [-0.25, -0.2) is 4.68 Å². The number of fused-ring (bicyclic) bond motifs is 1. The van der Waals surface area contributed by atoms with Crippen LogP contribution in [0.5, 0.6) is 11.5 Å². The van der Waals surface area contributed by atoms with Crippen LogP contribution in [0.2, 0.25) is 0 Å². The van der Waals surface area contributed by atoms with Crippen LogP contribution in [0.1, 0.15) is 35.3 Å². The SMILES string of the molecule is Cc1cc(C(=O)NCCOc2cccc3c2OC(C)(C)C3)ccc1-n1cnnn1. The van der Waals surface area contributed by atoms with Crippen molar-refractivity contribution in [1.82, 2.24) is 25.5 Å². The molecule has 3 aromatic rings. The van der Waals surface area contributed by atoms with E-state index in [4.69, 9.17) is 9.47 Å². The molecule has 2 heterocycles. The highest BCUT2D eigenvalue weighted by atomic mass is 16.5. The third-order valence-electron chi connectivity index (χ3n) is 4.75. The number of rotatable bonds is 6. The molecule has 0 aliphatic carbocycles. The first-order chi connectivity index (χ1) is 13.9. The van der Waals surface area contributed by atoms with E-state index in [2.05, 4.69) is 40.8 Å². The van der Waals surface area contributed by atoms with E-state index in [1.807, 2.05) is 31.2 Å². The van der Waals surface area contributed by atoms with Crippen molar-refractivity contribution in [2.75, 3.05) is 13.2 Å². The van der Waals surface area contributed by atoms with Gasteiger partial charge in [0.15, 0.2) is 11.5 Å². The summed E-state index contributed by atoms with van der Waals surface area (Å²) in [5.74, 6) is 1.36. The summed E-state index contributed by atoms with van der Waals surface area (Å²) < 4.78 is 13.4. The number of hydrogen-bond acceptors (Lipinski definition) is 6. The molecule has 0 fully saturated rings. The Morgan fingerprint density at radius 2 is 2.17 bits per heavy atom. The van der Waals surface area contributed by atoms with Crippen LogP contribution in [0.25, 0.3) is 5.69 Å². The molecule has 1 aromatic heterocycles. The van der Waals surface area contributed by atoms with Gasteiger partial charge in [0.2, 0.25) is 0 Å². The van der Waals surface area contributed by atoms with Gasteiger partial charge in [-0.15, -0.1) is 5.10 Å². The number of ether oxygens (including phenoxy) is 2. The molecule has 8 nitrogen and oxygen atoms in total. The van der Waals surface area contributed by atoms with Gasteiger partial charge in [-0.1, -0.05) is 12.1 Å². The quantitative estimate of drug-likeness (QED) is 0.647. The lowest BCUT2D eigenvalue weighted by atomic mass is 10.0. The van der Waals surface area contributed by atoms with Crippen molar-refractivity contribution >= 4 is 5.91 Å². The highest BCUT2D eigenvalue weighted by Crippen LogP contribution is 2.41. The van der Waals surface area contributed by atoms with Crippen LogP contribution >= 0.6 is 0 Å². The standard InChI is InChI=1S/C21H23N5O3/c1-14-11-15(7-8-17(14)26-13-23-24-25-26)20(27)22-9-10-28-18-6-4-5-16-12-21(2,3)29-19(16)18/h4-8,11,13H,9-10,12H2,1-3H3,(H,22,27). The summed E-state index contributed by atoms with van der Waals surface area (Å²) in [4.78, 5) is 12.4. The monoisotopic (exact) mass is 393 g/mol. The zero-order valence-corrected chi connectivity index (χ0v) is 16.7. The highest BCUT2D eigenvalue weighted by Gasteiger charge is 2.32. The van der Waals surface area contributed by atoms with Crippen molar-refractivity contribution in [1.29, 1.82) is 0 Å². The average Bonchev–Trinajstić information content (AvgIpc) is 3.31. The second-order valence-corrected chi connectivity index (χ2v) is 7.64. The molecule has 0 bridgehead atoms. The van der Waals surface area contributed by atoms with Crippen molar-refractivity contribution < 1.29 is 14.3 Å². The third kappa shape index (κ3) is 4.06. The number of carbonyl (C=O) groups excluding carboxylic acids is 1. The molecule has 0 saturated heterocycles. The van der Waals surface area contributed by atoms with Gasteiger partial charge in [-0.3, -0.25) is 4.79 Å². The van der Waals surface area contributed by atoms with Crippen LogP contribution in [0.3, 0.4) is 0 Å². The number of nitrogens with one attached hydrogen (secondary N) is 1. The molecule has 0 radical (unpaired) electrons. The van der Waals surface area contributed by atoms with E-state index in [1.165, 1.54) is 6.33 Å². The van der Waals surface area contributed by atoms with Crippen molar-refractivity contribution in [3.05, 3.63) is 59.4 Å². The largest absolute Gasteiger partial charge is 0.488 e. The summed E-state index contributed by atoms with van der Waals surface area (Å²) >= 11 is 0. The Labute approximate surface area is 168 Å². The van der Waals surface area contributed by atoms with Crippen molar-refractivity contribution in [2.24, 2.45) is 0 Å². The molecule has 2 aromatic carbocycles. The number of tetrazole rings is 1. The Bertz CT molecular complexity index is 1030. The Morgan fingerprint density at radius 3 is 2.93 bits per heavy atom. The maximum Gasteiger partial charge on any atom is 0.251 e. The number of aromatic nitrogens is 4. The Balaban J connectivity index is 1.33. The summed E-state index contributed by atoms with van der Waals surface area (Å²) in [6.07, 6.45) is 2.38. The number of carbonyl (C=O) groups is 1. The van der Waals surface area contributed by atoms with Gasteiger partial charge in [0.05, 0.1) is 12.2 Å². The minimum Gasteiger partial charge on any atom is -0.488 e. The number of para-hydroxylation sites is 1. The smallest absolute Gasteiger partial charge is 0.251 e. The molecule has 29 heavy (non-hydrogen) atoms. The van der Waals surface area contributed by atoms with Gasteiger partial charge >= 0.3 is 0 Å². The summed E-state index contributed by atoms with van der Waals surface area (Å²) in [7, 11) is 0. The fourth-order valence-electron chi connectivity index (χ4n) is 3.45. The van der Waals surface area contributed by atoms with Crippen molar-refractivity contribution in [3.8, 4) is 17.2 Å². The molecule has 0 unspecified atom stereocenters. The second kappa shape index (κ2) is 7.54. The molecular weight excluding hydrogens is 370 g/mol. The highest BCUT2D eigenvalue weighted by molar-refractivity contribution is 5.94. The van der Waals surface area contributed by atoms with Crippen LogP contribution in [0.15, 0.2) is 42.7 Å². The zero-order chi connectivity index (χ0) is 20.4. The first-order valence-electron chi connectivity index (χ1n) is 9.49. The lowest BCUT2D eigenvalue weighted by molar-refractivity contribution is 0.0946. The summed E-state index contributed by atoms with van der Waals surface area (Å²) in [6.45, 7) is 6.77. The maximum absolute atomic E-state index is 12.4. The number of amides is 1. The molecule has 8 heteroatoms. The number of aryl methyl sites for hydroxylation is 1. The zero-order valence-electron chi connectivity index (χ0n) is 16.7. The predicted octanol–water partition coefficient (Wildman–Crippen LogP) is 2.49.